The molecule has 0 N–H and O–H groups in total. The van der Waals surface area contributed by atoms with E-state index in [2.05, 4.69) is 4.57 Å². The summed E-state index contributed by atoms with van der Waals surface area (Å²) in [5.41, 5.74) is 2.83. The number of ether oxygens (including phenoxy) is 1. The van der Waals surface area contributed by atoms with Crippen molar-refractivity contribution in [2.75, 3.05) is 5.88 Å². The number of hydrogen-bond donors (Lipinski definition) is 0. The third-order valence-electron chi connectivity index (χ3n) is 3.79. The number of nitrogens with zero attached hydrogens (tertiary/aromatic N) is 1. The Labute approximate surface area is 140 Å². The number of carbonyl (C=O) groups excluding carboxylic acids is 1. The Morgan fingerprint density at radius 2 is 1.96 bits per heavy atom. The highest BCUT2D eigenvalue weighted by Crippen LogP contribution is 2.26. The summed E-state index contributed by atoms with van der Waals surface area (Å²) in [5.74, 6) is 1.37. The minimum Gasteiger partial charge on any atom is -0.489 e. The summed E-state index contributed by atoms with van der Waals surface area (Å²) in [7, 11) is 0. The maximum atomic E-state index is 11.3. The topological polar surface area (TPSA) is 31.2 Å². The maximum absolute atomic E-state index is 11.3. The average molecular weight is 328 g/mol. The first-order chi connectivity index (χ1) is 11.3. The van der Waals surface area contributed by atoms with Crippen LogP contribution in [0, 0.1) is 0 Å². The summed E-state index contributed by atoms with van der Waals surface area (Å²) in [6.45, 7) is 1.31. The molecule has 0 aliphatic heterocycles. The molecule has 0 spiro atoms. The van der Waals surface area contributed by atoms with Gasteiger partial charge in [-0.05, 0) is 30.2 Å². The molecule has 1 heterocycles. The van der Waals surface area contributed by atoms with Gasteiger partial charge in [-0.3, -0.25) is 4.79 Å². The van der Waals surface area contributed by atoms with E-state index in [9.17, 15) is 4.79 Å². The van der Waals surface area contributed by atoms with Crippen LogP contribution < -0.4 is 4.74 Å². The molecular weight excluding hydrogens is 310 g/mol. The Hall–Kier alpha value is -2.26. The number of benzene rings is 2. The highest BCUT2D eigenvalue weighted by atomic mass is 35.5. The fourth-order valence-electron chi connectivity index (χ4n) is 2.64. The van der Waals surface area contributed by atoms with Gasteiger partial charge < -0.3 is 9.30 Å². The van der Waals surface area contributed by atoms with Gasteiger partial charge in [-0.1, -0.05) is 30.3 Å². The van der Waals surface area contributed by atoms with Crippen molar-refractivity contribution >= 4 is 28.8 Å². The SMILES string of the molecule is O=Cc1cn(CCCCl)c2ccc(OCc3ccccc3)cc12. The molecule has 4 heteroatoms. The number of hydrogen-bond acceptors (Lipinski definition) is 2. The van der Waals surface area contributed by atoms with Crippen molar-refractivity contribution in [1.29, 1.82) is 0 Å². The summed E-state index contributed by atoms with van der Waals surface area (Å²) in [4.78, 5) is 11.3. The van der Waals surface area contributed by atoms with E-state index < -0.39 is 0 Å². The molecule has 0 radical (unpaired) electrons. The lowest BCUT2D eigenvalue weighted by atomic mass is 10.2. The fourth-order valence-corrected chi connectivity index (χ4v) is 2.76. The molecule has 0 atom stereocenters. The Balaban J connectivity index is 1.84. The molecule has 0 saturated carbocycles. The molecule has 3 rings (SSSR count). The number of aryl methyl sites for hydroxylation is 1. The van der Waals surface area contributed by atoms with Crippen LogP contribution in [0.2, 0.25) is 0 Å². The predicted molar refractivity (Wildman–Crippen MR) is 93.4 cm³/mol. The lowest BCUT2D eigenvalue weighted by Gasteiger charge is -2.08. The highest BCUT2D eigenvalue weighted by molar-refractivity contribution is 6.17. The number of aromatic nitrogens is 1. The van der Waals surface area contributed by atoms with Gasteiger partial charge in [0.1, 0.15) is 12.4 Å². The van der Waals surface area contributed by atoms with Gasteiger partial charge in [-0.25, -0.2) is 0 Å². The summed E-state index contributed by atoms with van der Waals surface area (Å²) in [5, 5.41) is 0.917. The molecule has 3 aromatic rings. The Morgan fingerprint density at radius 1 is 1.13 bits per heavy atom. The summed E-state index contributed by atoms with van der Waals surface area (Å²) < 4.78 is 7.92. The summed E-state index contributed by atoms with van der Waals surface area (Å²) >= 11 is 5.77. The first kappa shape index (κ1) is 15.6. The van der Waals surface area contributed by atoms with Crippen LogP contribution in [-0.2, 0) is 13.2 Å². The molecule has 1 aromatic heterocycles. The molecule has 0 fully saturated rings. The quantitative estimate of drug-likeness (QED) is 0.467. The number of alkyl halides is 1. The summed E-state index contributed by atoms with van der Waals surface area (Å²) in [6, 6.07) is 15.9. The van der Waals surface area contributed by atoms with E-state index in [4.69, 9.17) is 16.3 Å². The molecule has 2 aromatic carbocycles. The van der Waals surface area contributed by atoms with Crippen LogP contribution in [0.1, 0.15) is 22.3 Å². The van der Waals surface area contributed by atoms with Crippen LogP contribution in [-0.4, -0.2) is 16.7 Å². The lowest BCUT2D eigenvalue weighted by Crippen LogP contribution is -1.97. The van der Waals surface area contributed by atoms with E-state index in [0.717, 1.165) is 41.5 Å². The van der Waals surface area contributed by atoms with Gasteiger partial charge >= 0.3 is 0 Å². The lowest BCUT2D eigenvalue weighted by molar-refractivity contribution is 0.112. The number of carbonyl (C=O) groups is 1. The van der Waals surface area contributed by atoms with E-state index in [0.29, 0.717) is 18.1 Å². The second kappa shape index (κ2) is 7.34. The van der Waals surface area contributed by atoms with Crippen molar-refractivity contribution < 1.29 is 9.53 Å². The highest BCUT2D eigenvalue weighted by Gasteiger charge is 2.09. The molecule has 0 amide bonds. The smallest absolute Gasteiger partial charge is 0.152 e. The number of fused-ring (bicyclic) bond motifs is 1. The van der Waals surface area contributed by atoms with Crippen molar-refractivity contribution in [2.45, 2.75) is 19.6 Å². The van der Waals surface area contributed by atoms with E-state index in [1.165, 1.54) is 0 Å². The van der Waals surface area contributed by atoms with Crippen molar-refractivity contribution in [3.05, 3.63) is 65.9 Å². The molecular formula is C19H18ClNO2. The van der Waals surface area contributed by atoms with Gasteiger partial charge in [-0.2, -0.15) is 0 Å². The van der Waals surface area contributed by atoms with Crippen LogP contribution in [0.25, 0.3) is 10.9 Å². The second-order valence-corrected chi connectivity index (χ2v) is 5.77. The Morgan fingerprint density at radius 3 is 2.70 bits per heavy atom. The van der Waals surface area contributed by atoms with Crippen LogP contribution in [0.4, 0.5) is 0 Å². The van der Waals surface area contributed by atoms with Gasteiger partial charge in [0.05, 0.1) is 0 Å². The number of halogens is 1. The van der Waals surface area contributed by atoms with Gasteiger partial charge in [0.2, 0.25) is 0 Å². The van der Waals surface area contributed by atoms with Gasteiger partial charge in [0.15, 0.2) is 6.29 Å². The Bertz CT molecular complexity index is 796. The van der Waals surface area contributed by atoms with Crippen molar-refractivity contribution in [1.82, 2.24) is 4.57 Å². The second-order valence-electron chi connectivity index (χ2n) is 5.39. The molecule has 0 aliphatic carbocycles. The van der Waals surface area contributed by atoms with E-state index >= 15 is 0 Å². The van der Waals surface area contributed by atoms with E-state index in [-0.39, 0.29) is 0 Å². The molecule has 0 unspecified atom stereocenters. The fraction of sp³-hybridized carbons (Fsp3) is 0.211. The van der Waals surface area contributed by atoms with Crippen LogP contribution in [0.5, 0.6) is 5.75 Å². The zero-order valence-corrected chi connectivity index (χ0v) is 13.5. The first-order valence-electron chi connectivity index (χ1n) is 7.62. The molecule has 0 saturated heterocycles. The van der Waals surface area contributed by atoms with Crippen molar-refractivity contribution in [3.63, 3.8) is 0 Å². The normalized spacial score (nSPS) is 10.8. The van der Waals surface area contributed by atoms with Crippen molar-refractivity contribution in [2.24, 2.45) is 0 Å². The standard InChI is InChI=1S/C19H18ClNO2/c20-9-4-10-21-12-16(13-22)18-11-17(7-8-19(18)21)23-14-15-5-2-1-3-6-15/h1-3,5-8,11-13H,4,9-10,14H2. The maximum Gasteiger partial charge on any atom is 0.152 e. The molecule has 0 aliphatic rings. The third-order valence-corrected chi connectivity index (χ3v) is 4.06. The van der Waals surface area contributed by atoms with Gasteiger partial charge in [0, 0.05) is 35.1 Å². The molecule has 23 heavy (non-hydrogen) atoms. The van der Waals surface area contributed by atoms with Gasteiger partial charge in [-0.15, -0.1) is 11.6 Å². The average Bonchev–Trinajstić information content (AvgIpc) is 2.96. The van der Waals surface area contributed by atoms with Crippen LogP contribution >= 0.6 is 11.6 Å². The molecule has 3 nitrogen and oxygen atoms in total. The molecule has 0 bridgehead atoms. The van der Waals surface area contributed by atoms with Crippen LogP contribution in [0.3, 0.4) is 0 Å². The largest absolute Gasteiger partial charge is 0.489 e. The minimum atomic E-state index is 0.510. The zero-order valence-electron chi connectivity index (χ0n) is 12.7. The Kier molecular flexibility index (Phi) is 4.99. The van der Waals surface area contributed by atoms with Crippen LogP contribution in [0.15, 0.2) is 54.7 Å². The third kappa shape index (κ3) is 3.57. The predicted octanol–water partition coefficient (Wildman–Crippen LogP) is 4.66. The molecule has 118 valence electrons. The minimum absolute atomic E-state index is 0.510. The van der Waals surface area contributed by atoms with E-state index in [1.54, 1.807) is 0 Å². The number of rotatable bonds is 7. The van der Waals surface area contributed by atoms with Crippen molar-refractivity contribution in [3.8, 4) is 5.75 Å². The van der Waals surface area contributed by atoms with Gasteiger partial charge in [0.25, 0.3) is 0 Å². The number of aldehydes is 1. The first-order valence-corrected chi connectivity index (χ1v) is 8.16. The zero-order chi connectivity index (χ0) is 16.1. The van der Waals surface area contributed by atoms with E-state index in [1.807, 2.05) is 54.7 Å². The summed E-state index contributed by atoms with van der Waals surface area (Å²) in [6.07, 6.45) is 3.64. The monoisotopic (exact) mass is 327 g/mol.